The smallest absolute Gasteiger partial charge is 0.474 e. The minimum atomic E-state index is -3.38. The van der Waals surface area contributed by atoms with Gasteiger partial charge in [-0.3, -0.25) is 4.79 Å². The Labute approximate surface area is 127 Å². The number of rotatable bonds is 3. The molecule has 3 rings (SSSR count). The maximum atomic E-state index is 13.8. The van der Waals surface area contributed by atoms with Crippen LogP contribution < -0.4 is 5.43 Å². The molecule has 0 atom stereocenters. The van der Waals surface area contributed by atoms with Crippen molar-refractivity contribution in [2.75, 3.05) is 0 Å². The van der Waals surface area contributed by atoms with Gasteiger partial charge in [0, 0.05) is 23.2 Å². The van der Waals surface area contributed by atoms with Crippen molar-refractivity contribution in [2.24, 2.45) is 0 Å². The first-order valence-corrected chi connectivity index (χ1v) is 6.84. The van der Waals surface area contributed by atoms with Gasteiger partial charge in [0.15, 0.2) is 11.6 Å². The van der Waals surface area contributed by atoms with Crippen molar-refractivity contribution in [2.45, 2.75) is 25.8 Å². The molecule has 0 aliphatic heterocycles. The second kappa shape index (κ2) is 5.40. The van der Waals surface area contributed by atoms with Gasteiger partial charge in [0.1, 0.15) is 5.56 Å². The lowest BCUT2D eigenvalue weighted by Gasteiger charge is -2.15. The molecule has 1 aromatic carbocycles. The highest BCUT2D eigenvalue weighted by Gasteiger charge is 2.31. The van der Waals surface area contributed by atoms with Crippen LogP contribution in [0.2, 0.25) is 0 Å². The molecule has 0 spiro atoms. The second-order valence-electron chi connectivity index (χ2n) is 5.37. The molecule has 1 saturated carbocycles. The highest BCUT2D eigenvalue weighted by molar-refractivity contribution is 6.38. The summed E-state index contributed by atoms with van der Waals surface area (Å²) in [5.74, 6) is -3.83. The Kier molecular flexibility index (Phi) is 3.65. The van der Waals surface area contributed by atoms with Crippen molar-refractivity contribution in [1.29, 1.82) is 0 Å². The van der Waals surface area contributed by atoms with E-state index in [1.807, 2.05) is 0 Å². The molecule has 0 radical (unpaired) electrons. The summed E-state index contributed by atoms with van der Waals surface area (Å²) < 4.78 is 57.0. The zero-order valence-corrected chi connectivity index (χ0v) is 11.9. The topological polar surface area (TPSA) is 48.3 Å². The molecule has 0 bridgehead atoms. The van der Waals surface area contributed by atoms with Crippen LogP contribution in [0.3, 0.4) is 0 Å². The quantitative estimate of drug-likeness (QED) is 0.643. The van der Waals surface area contributed by atoms with E-state index in [-0.39, 0.29) is 22.5 Å². The maximum absolute atomic E-state index is 13.8. The van der Waals surface area contributed by atoms with Gasteiger partial charge >= 0.3 is 13.4 Å². The van der Waals surface area contributed by atoms with E-state index < -0.39 is 36.1 Å². The third-order valence-electron chi connectivity index (χ3n) is 3.79. The number of halogens is 4. The summed E-state index contributed by atoms with van der Waals surface area (Å²) in [6.45, 7) is 1.32. The highest BCUT2D eigenvalue weighted by Crippen LogP contribution is 2.38. The average molecular weight is 327 g/mol. The third kappa shape index (κ3) is 2.60. The number of carbonyl (C=O) groups excluding carboxylic acids is 1. The van der Waals surface area contributed by atoms with E-state index in [4.69, 9.17) is 0 Å². The van der Waals surface area contributed by atoms with Gasteiger partial charge < -0.3 is 9.22 Å². The van der Waals surface area contributed by atoms with Crippen LogP contribution in [-0.4, -0.2) is 18.0 Å². The summed E-state index contributed by atoms with van der Waals surface area (Å²) in [5.41, 5.74) is -1.51. The van der Waals surface area contributed by atoms with Crippen LogP contribution in [0, 0.1) is 18.6 Å². The van der Waals surface area contributed by atoms with Crippen LogP contribution in [0.4, 0.5) is 17.4 Å². The van der Waals surface area contributed by atoms with E-state index in [1.165, 1.54) is 11.5 Å². The molecule has 0 unspecified atom stereocenters. The van der Waals surface area contributed by atoms with Gasteiger partial charge in [-0.1, -0.05) is 0 Å². The van der Waals surface area contributed by atoms with E-state index in [0.717, 1.165) is 19.0 Å². The second-order valence-corrected chi connectivity index (χ2v) is 5.37. The molecular weight excluding hydrogens is 317 g/mol. The Balaban J connectivity index is 2.33. The summed E-state index contributed by atoms with van der Waals surface area (Å²) in [5, 5.41) is -0.239. The number of fused-ring (bicyclic) bond motifs is 1. The summed E-state index contributed by atoms with van der Waals surface area (Å²) in [7, 11) is -3.38. The molecule has 23 heavy (non-hydrogen) atoms. The van der Waals surface area contributed by atoms with E-state index in [1.54, 1.807) is 0 Å². The Morgan fingerprint density at radius 1 is 1.35 bits per heavy atom. The number of aryl methyl sites for hydroxylation is 1. The van der Waals surface area contributed by atoms with Crippen molar-refractivity contribution in [3.8, 4) is 0 Å². The fraction of sp³-hybridized carbons (Fsp3) is 0.286. The van der Waals surface area contributed by atoms with E-state index in [9.17, 15) is 27.0 Å². The number of nitrogens with zero attached hydrogens (tertiary/aromatic N) is 1. The molecule has 0 amide bonds. The largest absolute Gasteiger partial charge is 0.798 e. The van der Waals surface area contributed by atoms with Gasteiger partial charge in [0.05, 0.1) is 5.52 Å². The molecule has 2 aromatic rings. The van der Waals surface area contributed by atoms with Crippen molar-refractivity contribution >= 4 is 24.3 Å². The molecule has 1 heterocycles. The number of pyridine rings is 1. The van der Waals surface area contributed by atoms with Crippen molar-refractivity contribution in [1.82, 2.24) is 4.57 Å². The standard InChI is InChI=1S/C14H10BF4NO3/c1-6-11(17)10(16)4-8-12(6)20(7-2-3-7)5-9(13(8)21)14(22)23-15(18)19/h4-5,7H,2-3H2,1H3. The van der Waals surface area contributed by atoms with E-state index in [0.29, 0.717) is 6.07 Å². The third-order valence-corrected chi connectivity index (χ3v) is 3.79. The number of aromatic nitrogens is 1. The fourth-order valence-corrected chi connectivity index (χ4v) is 2.59. The summed E-state index contributed by atoms with van der Waals surface area (Å²) in [6.07, 6.45) is 2.52. The molecule has 1 aliphatic rings. The Bertz CT molecular complexity index is 877. The van der Waals surface area contributed by atoms with E-state index >= 15 is 0 Å². The summed E-state index contributed by atoms with van der Waals surface area (Å²) >= 11 is 0. The van der Waals surface area contributed by atoms with Crippen molar-refractivity contribution < 1.29 is 26.9 Å². The number of carbonyl (C=O) groups is 1. The number of hydrogen-bond acceptors (Lipinski definition) is 3. The Morgan fingerprint density at radius 3 is 2.57 bits per heavy atom. The van der Waals surface area contributed by atoms with E-state index in [2.05, 4.69) is 4.65 Å². The molecule has 1 fully saturated rings. The number of benzene rings is 1. The molecule has 1 aliphatic carbocycles. The first-order valence-electron chi connectivity index (χ1n) is 6.84. The molecule has 1 aromatic heterocycles. The summed E-state index contributed by atoms with van der Waals surface area (Å²) in [6, 6.07) is 0.581. The minimum Gasteiger partial charge on any atom is -0.474 e. The van der Waals surface area contributed by atoms with Crippen LogP contribution in [-0.2, 0) is 4.65 Å². The van der Waals surface area contributed by atoms with Gasteiger partial charge in [-0.05, 0) is 25.8 Å². The molecular formula is C14H10BF4NO3. The van der Waals surface area contributed by atoms with Crippen LogP contribution in [0.5, 0.6) is 0 Å². The van der Waals surface area contributed by atoms with Crippen LogP contribution in [0.25, 0.3) is 10.9 Å². The normalized spacial score (nSPS) is 14.1. The van der Waals surface area contributed by atoms with Gasteiger partial charge in [0.25, 0.3) is 0 Å². The Morgan fingerprint density at radius 2 is 2.00 bits per heavy atom. The van der Waals surface area contributed by atoms with Gasteiger partial charge in [-0.2, -0.15) is 0 Å². The fourth-order valence-electron chi connectivity index (χ4n) is 2.59. The predicted molar refractivity (Wildman–Crippen MR) is 74.5 cm³/mol. The zero-order valence-electron chi connectivity index (χ0n) is 11.9. The zero-order chi connectivity index (χ0) is 16.9. The van der Waals surface area contributed by atoms with Crippen molar-refractivity contribution in [3.05, 3.63) is 45.2 Å². The Hall–Kier alpha value is -2.32. The average Bonchev–Trinajstić information content (AvgIpc) is 3.29. The first-order chi connectivity index (χ1) is 10.8. The maximum Gasteiger partial charge on any atom is 0.798 e. The minimum absolute atomic E-state index is 0.0715. The first kappa shape index (κ1) is 15.6. The monoisotopic (exact) mass is 327 g/mol. The lowest BCUT2D eigenvalue weighted by Crippen LogP contribution is -2.24. The molecule has 120 valence electrons. The number of hydrogen-bond donors (Lipinski definition) is 0. The van der Waals surface area contributed by atoms with Gasteiger partial charge in [-0.15, -0.1) is 0 Å². The van der Waals surface area contributed by atoms with Crippen LogP contribution in [0.15, 0.2) is 17.1 Å². The summed E-state index contributed by atoms with van der Waals surface area (Å²) in [4.78, 5) is 24.0. The lowest BCUT2D eigenvalue weighted by molar-refractivity contribution is 0.0693. The van der Waals surface area contributed by atoms with Gasteiger partial charge in [0.2, 0.25) is 5.43 Å². The van der Waals surface area contributed by atoms with Crippen molar-refractivity contribution in [3.63, 3.8) is 0 Å². The van der Waals surface area contributed by atoms with Crippen LogP contribution in [0.1, 0.15) is 34.8 Å². The molecule has 0 saturated heterocycles. The van der Waals surface area contributed by atoms with Crippen LogP contribution >= 0.6 is 0 Å². The lowest BCUT2D eigenvalue weighted by atomic mass is 10.1. The molecule has 0 N–H and O–H groups in total. The molecule has 4 nitrogen and oxygen atoms in total. The highest BCUT2D eigenvalue weighted by atomic mass is 19.2. The SMILES string of the molecule is Cc1c(F)c(F)cc2c(=O)c(C(=O)OB(F)F)cn(C3CC3)c12. The molecule has 9 heteroatoms. The predicted octanol–water partition coefficient (Wildman–Crippen LogP) is 3.00. The van der Waals surface area contributed by atoms with Gasteiger partial charge in [-0.25, -0.2) is 22.2 Å².